The Balaban J connectivity index is 1.11. The number of aromatic nitrogens is 1. The first-order chi connectivity index (χ1) is 27.5. The summed E-state index contributed by atoms with van der Waals surface area (Å²) in [6, 6.07) is 17.5. The van der Waals surface area contributed by atoms with Gasteiger partial charge in [0.15, 0.2) is 23.9 Å². The maximum atomic E-state index is 13.9. The number of carbonyl (C=O) groups excluding carboxylic acids is 2. The van der Waals surface area contributed by atoms with Crippen LogP contribution in [-0.2, 0) is 27.2 Å². The predicted octanol–water partition coefficient (Wildman–Crippen LogP) is 7.63. The highest BCUT2D eigenvalue weighted by molar-refractivity contribution is 6.35. The molecule has 3 aromatic carbocycles. The van der Waals surface area contributed by atoms with Crippen LogP contribution in [-0.4, -0.2) is 62.9 Å². The Labute approximate surface area is 339 Å². The number of carbonyl (C=O) groups is 2. The van der Waals surface area contributed by atoms with E-state index in [1.54, 1.807) is 37.4 Å². The minimum Gasteiger partial charge on any atom is -0.619 e. The summed E-state index contributed by atoms with van der Waals surface area (Å²) in [4.78, 5) is 30.1. The topological polar surface area (TPSA) is 122 Å². The smallest absolute Gasteiger partial charge is 0.387 e. The minimum atomic E-state index is -3.09. The van der Waals surface area contributed by atoms with Crippen LogP contribution in [0.5, 0.6) is 17.2 Å². The molecule has 4 heterocycles. The number of nitrogens with zero attached hydrogens (tertiary/aromatic N) is 2. The molecular formula is C42H43Cl2F2N3O8. The SMILES string of the molecule is COc1cccc(C(NCc2cccc(C(=O)O[C@@H](Cc3c(Cl)c[n+]([O-])cc3Cl)c3ccc(OC(F)F)c(OCC4CC4)c3)c2)C(=O)O[C@H]2CN3CCC2CC3)c1. The van der Waals surface area contributed by atoms with Gasteiger partial charge in [0, 0.05) is 25.1 Å². The molecule has 4 aliphatic rings. The summed E-state index contributed by atoms with van der Waals surface area (Å²) in [7, 11) is 1.56. The molecule has 1 unspecified atom stereocenters. The fraction of sp³-hybridized carbons (Fsp3) is 0.405. The number of alkyl halides is 2. The molecule has 1 aromatic heterocycles. The molecule has 57 heavy (non-hydrogen) atoms. The van der Waals surface area contributed by atoms with E-state index < -0.39 is 30.7 Å². The monoisotopic (exact) mass is 825 g/mol. The number of piperidine rings is 3. The van der Waals surface area contributed by atoms with Gasteiger partial charge in [-0.25, -0.2) is 9.59 Å². The van der Waals surface area contributed by atoms with Gasteiger partial charge in [0.05, 0.1) is 19.3 Å². The summed E-state index contributed by atoms with van der Waals surface area (Å²) in [6.07, 6.45) is 4.89. The second-order valence-electron chi connectivity index (χ2n) is 14.6. The van der Waals surface area contributed by atoms with E-state index in [2.05, 4.69) is 10.2 Å². The number of ether oxygens (including phenoxy) is 5. The zero-order valence-corrected chi connectivity index (χ0v) is 32.7. The molecule has 1 N–H and O–H groups in total. The Morgan fingerprint density at radius 2 is 1.70 bits per heavy atom. The van der Waals surface area contributed by atoms with Crippen molar-refractivity contribution in [3.8, 4) is 17.2 Å². The Morgan fingerprint density at radius 3 is 2.39 bits per heavy atom. The quantitative estimate of drug-likeness (QED) is 0.0646. The lowest BCUT2D eigenvalue weighted by Gasteiger charge is -2.44. The number of hydrogen-bond donors (Lipinski definition) is 1. The van der Waals surface area contributed by atoms with Crippen molar-refractivity contribution in [3.05, 3.63) is 122 Å². The second-order valence-corrected chi connectivity index (χ2v) is 15.4. The largest absolute Gasteiger partial charge is 0.619 e. The van der Waals surface area contributed by atoms with Gasteiger partial charge < -0.3 is 28.9 Å². The highest BCUT2D eigenvalue weighted by atomic mass is 35.5. The van der Waals surface area contributed by atoms with Crippen LogP contribution >= 0.6 is 23.2 Å². The number of rotatable bonds is 17. The highest BCUT2D eigenvalue weighted by Crippen LogP contribution is 2.38. The van der Waals surface area contributed by atoms with E-state index in [0.717, 1.165) is 57.7 Å². The van der Waals surface area contributed by atoms with Crippen molar-refractivity contribution in [1.29, 1.82) is 0 Å². The van der Waals surface area contributed by atoms with Crippen LogP contribution in [0.1, 0.15) is 70.4 Å². The van der Waals surface area contributed by atoms with Gasteiger partial charge in [-0.1, -0.05) is 53.5 Å². The van der Waals surface area contributed by atoms with E-state index in [1.165, 1.54) is 18.2 Å². The van der Waals surface area contributed by atoms with E-state index in [4.69, 9.17) is 46.9 Å². The van der Waals surface area contributed by atoms with Crippen molar-refractivity contribution < 1.29 is 46.8 Å². The first-order valence-electron chi connectivity index (χ1n) is 18.9. The van der Waals surface area contributed by atoms with E-state index in [0.29, 0.717) is 51.2 Å². The molecule has 1 saturated carbocycles. The lowest BCUT2D eigenvalue weighted by atomic mass is 9.86. The molecule has 0 amide bonds. The number of esters is 2. The lowest BCUT2D eigenvalue weighted by Crippen LogP contribution is -2.52. The summed E-state index contributed by atoms with van der Waals surface area (Å²) < 4.78 is 55.4. The summed E-state index contributed by atoms with van der Waals surface area (Å²) in [5.41, 5.74) is 2.29. The van der Waals surface area contributed by atoms with Crippen molar-refractivity contribution in [1.82, 2.24) is 10.2 Å². The zero-order valence-electron chi connectivity index (χ0n) is 31.2. The third kappa shape index (κ3) is 10.4. The summed E-state index contributed by atoms with van der Waals surface area (Å²) >= 11 is 12.9. The third-order valence-electron chi connectivity index (χ3n) is 10.6. The van der Waals surface area contributed by atoms with Crippen molar-refractivity contribution >= 4 is 35.1 Å². The number of methoxy groups -OCH3 is 1. The maximum Gasteiger partial charge on any atom is 0.387 e. The highest BCUT2D eigenvalue weighted by Gasteiger charge is 2.38. The van der Waals surface area contributed by atoms with Crippen LogP contribution < -0.4 is 24.3 Å². The van der Waals surface area contributed by atoms with Crippen molar-refractivity contribution in [2.45, 2.75) is 63.5 Å². The molecule has 302 valence electrons. The van der Waals surface area contributed by atoms with Gasteiger partial charge in [0.1, 0.15) is 34.0 Å². The number of halogens is 4. The summed E-state index contributed by atoms with van der Waals surface area (Å²) in [6.45, 7) is 0.170. The molecule has 3 aliphatic heterocycles. The average molecular weight is 827 g/mol. The molecule has 0 radical (unpaired) electrons. The molecule has 3 saturated heterocycles. The fourth-order valence-electron chi connectivity index (χ4n) is 7.31. The number of benzene rings is 3. The Morgan fingerprint density at radius 1 is 0.947 bits per heavy atom. The van der Waals surface area contributed by atoms with E-state index in [1.807, 2.05) is 18.2 Å². The van der Waals surface area contributed by atoms with Gasteiger partial charge >= 0.3 is 18.6 Å². The van der Waals surface area contributed by atoms with E-state index in [9.17, 15) is 23.6 Å². The molecule has 1 aliphatic carbocycles. The first kappa shape index (κ1) is 40.5. The van der Waals surface area contributed by atoms with Crippen molar-refractivity contribution in [2.24, 2.45) is 11.8 Å². The lowest BCUT2D eigenvalue weighted by molar-refractivity contribution is -0.605. The van der Waals surface area contributed by atoms with Crippen LogP contribution in [0.3, 0.4) is 0 Å². The van der Waals surface area contributed by atoms with Crippen molar-refractivity contribution in [2.75, 3.05) is 33.4 Å². The summed E-state index contributed by atoms with van der Waals surface area (Å²) in [5, 5.41) is 15.4. The third-order valence-corrected chi connectivity index (χ3v) is 11.3. The standard InChI is InChI=1S/C42H43Cl2F2N3O8/c1-53-31-7-3-5-29(17-31)39(41(51)56-38-23-48-14-12-27(38)13-15-48)47-20-26-4-2-6-30(16-26)40(50)55-36(19-32-33(43)21-49(52)22-34(32)44)28-10-11-35(57-42(45)46)37(18-28)54-24-25-8-9-25/h2-7,10-11,16-18,21-22,25,27,36,38-39,42,47H,8-9,12-15,19-20,23-24H2,1H3/t36-,38-,39?/m0/s1. The Kier molecular flexibility index (Phi) is 13.0. The van der Waals surface area contributed by atoms with Crippen LogP contribution in [0.4, 0.5) is 8.78 Å². The molecule has 15 heteroatoms. The normalized spacial score (nSPS) is 19.8. The molecule has 3 atom stereocenters. The van der Waals surface area contributed by atoms with E-state index >= 15 is 0 Å². The van der Waals surface area contributed by atoms with Gasteiger partial charge in [-0.05, 0) is 104 Å². The number of nitrogens with one attached hydrogen (secondary N) is 1. The van der Waals surface area contributed by atoms with E-state index in [-0.39, 0.29) is 46.2 Å². The second kappa shape index (κ2) is 18.3. The molecule has 11 nitrogen and oxygen atoms in total. The molecule has 8 rings (SSSR count). The van der Waals surface area contributed by atoms with Gasteiger partial charge in [-0.3, -0.25) is 10.2 Å². The van der Waals surface area contributed by atoms with Gasteiger partial charge in [0.2, 0.25) is 0 Å². The van der Waals surface area contributed by atoms with Gasteiger partial charge in [-0.2, -0.15) is 13.5 Å². The first-order valence-corrected chi connectivity index (χ1v) is 19.7. The molecule has 4 aromatic rings. The fourth-order valence-corrected chi connectivity index (χ4v) is 7.91. The number of hydrogen-bond acceptors (Lipinski definition) is 10. The zero-order chi connectivity index (χ0) is 40.1. The van der Waals surface area contributed by atoms with Crippen LogP contribution in [0.2, 0.25) is 10.0 Å². The Bertz CT molecular complexity index is 2040. The van der Waals surface area contributed by atoms with Crippen molar-refractivity contribution in [3.63, 3.8) is 0 Å². The Hall–Kier alpha value is -4.69. The molecule has 4 fully saturated rings. The number of fused-ring (bicyclic) bond motifs is 3. The maximum absolute atomic E-state index is 13.9. The van der Waals surface area contributed by atoms with Crippen LogP contribution in [0, 0.1) is 17.0 Å². The van der Waals surface area contributed by atoms with Crippen LogP contribution in [0.25, 0.3) is 0 Å². The average Bonchev–Trinajstić information content (AvgIpc) is 4.04. The minimum absolute atomic E-state index is 0.0482. The number of pyridine rings is 1. The van der Waals surface area contributed by atoms with Gasteiger partial charge in [-0.15, -0.1) is 0 Å². The van der Waals surface area contributed by atoms with Crippen LogP contribution in [0.15, 0.2) is 79.1 Å². The summed E-state index contributed by atoms with van der Waals surface area (Å²) in [5.74, 6) is 0.0362. The predicted molar refractivity (Wildman–Crippen MR) is 207 cm³/mol. The molecule has 2 bridgehead atoms. The molecular weight excluding hydrogens is 783 g/mol. The molecule has 0 spiro atoms. The van der Waals surface area contributed by atoms with Gasteiger partial charge in [0.25, 0.3) is 0 Å².